The van der Waals surface area contributed by atoms with Crippen molar-refractivity contribution >= 4 is 92.3 Å². The number of benzene rings is 10. The highest BCUT2D eigenvalue weighted by Crippen LogP contribution is 2.43. The molecule has 3 nitrogen and oxygen atoms in total. The quantitative estimate of drug-likeness (QED) is 0.159. The number of rotatable bonds is 7. The van der Waals surface area contributed by atoms with Crippen molar-refractivity contribution in [3.8, 4) is 39.1 Å². The van der Waals surface area contributed by atoms with Gasteiger partial charge in [-0.25, -0.2) is 0 Å². The van der Waals surface area contributed by atoms with Crippen molar-refractivity contribution in [3.63, 3.8) is 0 Å². The van der Waals surface area contributed by atoms with E-state index in [-0.39, 0.29) is 0 Å². The number of furan rings is 1. The van der Waals surface area contributed by atoms with Crippen LogP contribution in [0.3, 0.4) is 0 Å². The van der Waals surface area contributed by atoms with Crippen LogP contribution < -0.4 is 4.90 Å². The molecule has 300 valence electrons. The fourth-order valence-corrected chi connectivity index (χ4v) is 11.0. The molecule has 3 heterocycles. The third kappa shape index (κ3) is 5.88. The van der Waals surface area contributed by atoms with E-state index in [1.54, 1.807) is 0 Å². The first-order valence-electron chi connectivity index (χ1n) is 21.7. The third-order valence-electron chi connectivity index (χ3n) is 12.8. The summed E-state index contributed by atoms with van der Waals surface area (Å²) in [6.45, 7) is 0. The molecule has 0 aliphatic carbocycles. The molecule has 64 heavy (non-hydrogen) atoms. The van der Waals surface area contributed by atoms with Crippen LogP contribution in [0.2, 0.25) is 0 Å². The van der Waals surface area contributed by atoms with Crippen LogP contribution in [0.15, 0.2) is 235 Å². The Morgan fingerprint density at radius 3 is 1.61 bits per heavy atom. The van der Waals surface area contributed by atoms with Gasteiger partial charge in [0.05, 0.1) is 16.4 Å². The van der Waals surface area contributed by atoms with E-state index in [9.17, 15) is 0 Å². The molecule has 0 bridgehead atoms. The van der Waals surface area contributed by atoms with Gasteiger partial charge in [-0.2, -0.15) is 0 Å². The summed E-state index contributed by atoms with van der Waals surface area (Å²) in [4.78, 5) is 2.35. The Labute approximate surface area is 373 Å². The largest absolute Gasteiger partial charge is 0.455 e. The maximum absolute atomic E-state index is 6.54. The van der Waals surface area contributed by atoms with E-state index in [4.69, 9.17) is 4.42 Å². The summed E-state index contributed by atoms with van der Waals surface area (Å²) < 4.78 is 11.5. The first-order chi connectivity index (χ1) is 31.7. The first kappa shape index (κ1) is 36.5. The van der Waals surface area contributed by atoms with Crippen LogP contribution in [0.5, 0.6) is 0 Å². The monoisotopic (exact) mass is 834 g/mol. The van der Waals surface area contributed by atoms with Crippen LogP contribution in [-0.4, -0.2) is 4.57 Å². The van der Waals surface area contributed by atoms with Gasteiger partial charge >= 0.3 is 0 Å². The smallest absolute Gasteiger partial charge is 0.145 e. The summed E-state index contributed by atoms with van der Waals surface area (Å²) in [7, 11) is 0. The van der Waals surface area contributed by atoms with Crippen molar-refractivity contribution in [3.05, 3.63) is 231 Å². The highest BCUT2D eigenvalue weighted by Gasteiger charge is 2.19. The number of aromatic nitrogens is 1. The van der Waals surface area contributed by atoms with Crippen molar-refractivity contribution < 1.29 is 4.42 Å². The van der Waals surface area contributed by atoms with Crippen molar-refractivity contribution in [2.45, 2.75) is 0 Å². The summed E-state index contributed by atoms with van der Waals surface area (Å²) in [6, 6.07) is 83.2. The molecule has 3 aromatic heterocycles. The zero-order valence-corrected chi connectivity index (χ0v) is 35.5. The fraction of sp³-hybridized carbons (Fsp3) is 0. The summed E-state index contributed by atoms with van der Waals surface area (Å²) in [5.74, 6) is 0. The van der Waals surface area contributed by atoms with Gasteiger partial charge in [0, 0.05) is 59.1 Å². The fourth-order valence-electron chi connectivity index (χ4n) is 9.76. The van der Waals surface area contributed by atoms with Gasteiger partial charge in [0.15, 0.2) is 0 Å². The van der Waals surface area contributed by atoms with Gasteiger partial charge in [-0.1, -0.05) is 152 Å². The lowest BCUT2D eigenvalue weighted by Crippen LogP contribution is -2.09. The second-order valence-corrected chi connectivity index (χ2v) is 17.5. The van der Waals surface area contributed by atoms with Crippen molar-refractivity contribution in [1.82, 2.24) is 4.57 Å². The molecular formula is C60H38N2OS. The van der Waals surface area contributed by atoms with Crippen LogP contribution in [0, 0.1) is 0 Å². The zero-order chi connectivity index (χ0) is 42.1. The Morgan fingerprint density at radius 1 is 0.359 bits per heavy atom. The van der Waals surface area contributed by atoms with Gasteiger partial charge in [-0.05, 0) is 112 Å². The van der Waals surface area contributed by atoms with Crippen LogP contribution in [0.4, 0.5) is 17.1 Å². The van der Waals surface area contributed by atoms with Gasteiger partial charge < -0.3 is 13.9 Å². The Bertz CT molecular complexity index is 3860. The second-order valence-electron chi connectivity index (χ2n) is 16.5. The molecule has 0 spiro atoms. The molecule has 0 radical (unpaired) electrons. The molecule has 4 heteroatoms. The van der Waals surface area contributed by atoms with Crippen molar-refractivity contribution in [1.29, 1.82) is 0 Å². The maximum atomic E-state index is 6.54. The van der Waals surface area contributed by atoms with E-state index in [0.717, 1.165) is 72.2 Å². The number of hydrogen-bond donors (Lipinski definition) is 0. The van der Waals surface area contributed by atoms with E-state index >= 15 is 0 Å². The van der Waals surface area contributed by atoms with Gasteiger partial charge in [0.2, 0.25) is 0 Å². The number of fused-ring (bicyclic) bond motifs is 10. The Kier molecular flexibility index (Phi) is 8.40. The third-order valence-corrected chi connectivity index (χ3v) is 14.1. The van der Waals surface area contributed by atoms with E-state index in [1.165, 1.54) is 47.8 Å². The molecule has 0 aliphatic rings. The summed E-state index contributed by atoms with van der Waals surface area (Å²) in [5.41, 5.74) is 15.7. The molecule has 0 saturated heterocycles. The molecule has 0 saturated carbocycles. The van der Waals surface area contributed by atoms with Gasteiger partial charge in [0.25, 0.3) is 0 Å². The average molecular weight is 835 g/mol. The Morgan fingerprint density at radius 2 is 0.906 bits per heavy atom. The van der Waals surface area contributed by atoms with Crippen LogP contribution >= 0.6 is 11.3 Å². The molecule has 0 aliphatic heterocycles. The predicted molar refractivity (Wildman–Crippen MR) is 272 cm³/mol. The topological polar surface area (TPSA) is 21.3 Å². The predicted octanol–water partition coefficient (Wildman–Crippen LogP) is 17.5. The molecule has 0 atom stereocenters. The molecule has 0 amide bonds. The average Bonchev–Trinajstić information content (AvgIpc) is 4.05. The van der Waals surface area contributed by atoms with Gasteiger partial charge in [0.1, 0.15) is 11.2 Å². The van der Waals surface area contributed by atoms with Crippen LogP contribution in [-0.2, 0) is 0 Å². The van der Waals surface area contributed by atoms with Crippen LogP contribution in [0.1, 0.15) is 0 Å². The maximum Gasteiger partial charge on any atom is 0.145 e. The number of anilines is 3. The number of para-hydroxylation sites is 2. The highest BCUT2D eigenvalue weighted by atomic mass is 32.1. The zero-order valence-electron chi connectivity index (χ0n) is 34.7. The van der Waals surface area contributed by atoms with Gasteiger partial charge in [-0.15, -0.1) is 11.3 Å². The second kappa shape index (κ2) is 14.7. The first-order valence-corrected chi connectivity index (χ1v) is 22.6. The molecule has 13 aromatic rings. The molecule has 0 unspecified atom stereocenters. The van der Waals surface area contributed by atoms with Gasteiger partial charge in [-0.3, -0.25) is 0 Å². The molecule has 10 aromatic carbocycles. The Hall–Kier alpha value is -8.18. The normalized spacial score (nSPS) is 11.8. The van der Waals surface area contributed by atoms with Crippen molar-refractivity contribution in [2.75, 3.05) is 4.90 Å². The van der Waals surface area contributed by atoms with Crippen molar-refractivity contribution in [2.24, 2.45) is 0 Å². The lowest BCUT2D eigenvalue weighted by atomic mass is 10.0. The number of thiophene rings is 1. The molecule has 0 fully saturated rings. The number of hydrogen-bond acceptors (Lipinski definition) is 3. The molecule has 13 rings (SSSR count). The number of nitrogens with zero attached hydrogens (tertiary/aromatic N) is 2. The standard InChI is InChI=1S/C60H38N2OS/c1-2-11-39(12-3-1)40-21-29-44(30-22-40)61(46-35-27-43(28-36-46)48-16-10-17-52-50-14-6-9-20-57(50)64-60(48)52)45-31-23-41(24-32-45)42-25-33-47(34-26-42)62-54-18-7-4-15-53(54)58-55(62)38-37-51-49-13-5-8-19-56(49)63-59(51)58/h1-38H. The minimum Gasteiger partial charge on any atom is -0.455 e. The van der Waals surface area contributed by atoms with E-state index in [1.807, 2.05) is 17.4 Å². The lowest BCUT2D eigenvalue weighted by molar-refractivity contribution is 0.673. The summed E-state index contributed by atoms with van der Waals surface area (Å²) in [6.07, 6.45) is 0. The van der Waals surface area contributed by atoms with E-state index < -0.39 is 0 Å². The minimum absolute atomic E-state index is 0.913. The molecule has 0 N–H and O–H groups in total. The van der Waals surface area contributed by atoms with E-state index in [0.29, 0.717) is 0 Å². The Balaban J connectivity index is 0.857. The van der Waals surface area contributed by atoms with E-state index in [2.05, 4.69) is 234 Å². The molecular weight excluding hydrogens is 797 g/mol. The minimum atomic E-state index is 0.913. The summed E-state index contributed by atoms with van der Waals surface area (Å²) >= 11 is 1.87. The lowest BCUT2D eigenvalue weighted by Gasteiger charge is -2.26. The highest BCUT2D eigenvalue weighted by molar-refractivity contribution is 7.26. The van der Waals surface area contributed by atoms with Crippen LogP contribution in [0.25, 0.3) is 103 Å². The summed E-state index contributed by atoms with van der Waals surface area (Å²) in [5, 5.41) is 7.25. The SMILES string of the molecule is c1ccc(-c2ccc(N(c3ccc(-c4ccc(-n5c6ccccc6c6c7oc8ccccc8c7ccc65)cc4)cc3)c3ccc(-c4cccc5c4sc4ccccc45)cc3)cc2)cc1.